The van der Waals surface area contributed by atoms with E-state index in [1.54, 1.807) is 0 Å². The van der Waals surface area contributed by atoms with Gasteiger partial charge in [-0.15, -0.1) is 0 Å². The number of amides is 1. The molecule has 0 radical (unpaired) electrons. The molecule has 30 heavy (non-hydrogen) atoms. The summed E-state index contributed by atoms with van der Waals surface area (Å²) in [6, 6.07) is 4.18. The molecule has 0 heterocycles. The number of hydrogen-bond donors (Lipinski definition) is 6. The SMILES string of the molecule is C[C@@H]1C(O)=C(C(N)=O)C(=O)[C@@]2(O)C(O)=C3C(=O)c4c(O)cccc4[C@@](C)(O)[C@H]3C[C@@H]12. The van der Waals surface area contributed by atoms with Crippen molar-refractivity contribution in [2.24, 2.45) is 23.5 Å². The third kappa shape index (κ3) is 2.16. The lowest BCUT2D eigenvalue weighted by molar-refractivity contribution is -0.150. The number of rotatable bonds is 1. The Morgan fingerprint density at radius 3 is 2.40 bits per heavy atom. The Balaban J connectivity index is 2.03. The van der Waals surface area contributed by atoms with Gasteiger partial charge in [0.2, 0.25) is 5.78 Å². The Hall–Kier alpha value is -3.17. The summed E-state index contributed by atoms with van der Waals surface area (Å²) in [5.74, 6) is -8.63. The maximum Gasteiger partial charge on any atom is 0.255 e. The molecule has 5 atom stereocenters. The summed E-state index contributed by atoms with van der Waals surface area (Å²) in [7, 11) is 0. The van der Waals surface area contributed by atoms with Crippen LogP contribution < -0.4 is 5.73 Å². The summed E-state index contributed by atoms with van der Waals surface area (Å²) in [4.78, 5) is 37.9. The second-order valence-electron chi connectivity index (χ2n) is 8.34. The number of allylic oxidation sites excluding steroid dienone is 1. The van der Waals surface area contributed by atoms with Crippen molar-refractivity contribution in [1.29, 1.82) is 0 Å². The van der Waals surface area contributed by atoms with Gasteiger partial charge in [-0.25, -0.2) is 0 Å². The van der Waals surface area contributed by atoms with Crippen molar-refractivity contribution in [3.05, 3.63) is 52.0 Å². The van der Waals surface area contributed by atoms with Gasteiger partial charge in [-0.1, -0.05) is 19.1 Å². The second kappa shape index (κ2) is 5.93. The van der Waals surface area contributed by atoms with E-state index in [0.29, 0.717) is 0 Å². The monoisotopic (exact) mass is 415 g/mol. The number of aliphatic hydroxyl groups is 4. The van der Waals surface area contributed by atoms with Crippen LogP contribution in [0, 0.1) is 17.8 Å². The number of phenols is 1. The molecule has 7 N–H and O–H groups in total. The van der Waals surface area contributed by atoms with Gasteiger partial charge in [0.25, 0.3) is 5.91 Å². The Morgan fingerprint density at radius 2 is 1.80 bits per heavy atom. The van der Waals surface area contributed by atoms with Crippen LogP contribution in [-0.2, 0) is 15.2 Å². The molecule has 0 fully saturated rings. The molecule has 4 rings (SSSR count). The number of aromatic hydroxyl groups is 1. The Labute approximate surface area is 170 Å². The average molecular weight is 415 g/mol. The Kier molecular flexibility index (Phi) is 3.98. The molecule has 158 valence electrons. The van der Waals surface area contributed by atoms with E-state index >= 15 is 0 Å². The normalized spacial score (nSPS) is 35.7. The first-order valence-corrected chi connectivity index (χ1v) is 9.39. The first-order valence-electron chi connectivity index (χ1n) is 9.39. The quantitative estimate of drug-likeness (QED) is 0.359. The van der Waals surface area contributed by atoms with E-state index in [1.165, 1.54) is 32.0 Å². The molecule has 1 aromatic rings. The molecule has 0 bridgehead atoms. The molecule has 9 nitrogen and oxygen atoms in total. The minimum atomic E-state index is -2.69. The van der Waals surface area contributed by atoms with Gasteiger partial charge in [0.05, 0.1) is 11.2 Å². The average Bonchev–Trinajstić information content (AvgIpc) is 2.66. The largest absolute Gasteiger partial charge is 0.511 e. The molecule has 1 aromatic carbocycles. The van der Waals surface area contributed by atoms with E-state index < -0.39 is 74.8 Å². The number of primary amides is 1. The highest BCUT2D eigenvalue weighted by Gasteiger charge is 2.64. The lowest BCUT2D eigenvalue weighted by Gasteiger charge is -2.51. The lowest BCUT2D eigenvalue weighted by Crippen LogP contribution is -2.61. The maximum atomic E-state index is 13.2. The minimum Gasteiger partial charge on any atom is -0.511 e. The van der Waals surface area contributed by atoms with Gasteiger partial charge in [0.15, 0.2) is 11.4 Å². The number of nitrogens with two attached hydrogens (primary N) is 1. The number of Topliss-reactive ketones (excluding diaryl/α,β-unsaturated/α-hetero) is 2. The predicted molar refractivity (Wildman–Crippen MR) is 101 cm³/mol. The number of phenolic OH excluding ortho intramolecular Hbond substituents is 1. The molecule has 0 aliphatic heterocycles. The number of aliphatic hydroxyl groups excluding tert-OH is 2. The van der Waals surface area contributed by atoms with Crippen LogP contribution in [0.2, 0.25) is 0 Å². The standard InChI is InChI=1S/C21H21NO8/c1-7-9-6-10-13(16(25)12-8(20(10,2)29)4-3-5-11(12)23)17(26)21(9,30)18(27)14(15(7)24)19(22)28/h3-5,7,9-10,23-24,26,29-30H,6H2,1-2H3,(H2,22,28)/t7-,9-,10-,20+,21-/m0/s1. The van der Waals surface area contributed by atoms with E-state index in [-0.39, 0.29) is 17.5 Å². The van der Waals surface area contributed by atoms with E-state index in [4.69, 9.17) is 5.73 Å². The molecule has 9 heteroatoms. The summed E-state index contributed by atoms with van der Waals surface area (Å²) in [6.07, 6.45) is -0.160. The van der Waals surface area contributed by atoms with Crippen LogP contribution in [0.1, 0.15) is 36.2 Å². The van der Waals surface area contributed by atoms with Gasteiger partial charge < -0.3 is 31.3 Å². The topological polar surface area (TPSA) is 178 Å². The van der Waals surface area contributed by atoms with Crippen molar-refractivity contribution in [3.8, 4) is 5.75 Å². The van der Waals surface area contributed by atoms with Gasteiger partial charge >= 0.3 is 0 Å². The smallest absolute Gasteiger partial charge is 0.255 e. The summed E-state index contributed by atoms with van der Waals surface area (Å²) >= 11 is 0. The van der Waals surface area contributed by atoms with Crippen LogP contribution in [0.4, 0.5) is 0 Å². The summed E-state index contributed by atoms with van der Waals surface area (Å²) in [6.45, 7) is 2.84. The number of carbonyl (C=O) groups excluding carboxylic acids is 3. The fourth-order valence-electron chi connectivity index (χ4n) is 5.19. The summed E-state index contributed by atoms with van der Waals surface area (Å²) < 4.78 is 0. The Bertz CT molecular complexity index is 1100. The van der Waals surface area contributed by atoms with Crippen LogP contribution in [-0.4, -0.2) is 48.6 Å². The Morgan fingerprint density at radius 1 is 1.17 bits per heavy atom. The number of benzene rings is 1. The van der Waals surface area contributed by atoms with Gasteiger partial charge in [-0.2, -0.15) is 0 Å². The van der Waals surface area contributed by atoms with Gasteiger partial charge in [-0.3, -0.25) is 14.4 Å². The minimum absolute atomic E-state index is 0.145. The molecule has 0 spiro atoms. The highest BCUT2D eigenvalue weighted by atomic mass is 16.3. The van der Waals surface area contributed by atoms with Crippen molar-refractivity contribution in [2.75, 3.05) is 0 Å². The van der Waals surface area contributed by atoms with E-state index in [1.807, 2.05) is 0 Å². The molecule has 0 saturated heterocycles. The van der Waals surface area contributed by atoms with E-state index in [0.717, 1.165) is 0 Å². The zero-order chi connectivity index (χ0) is 22.3. The summed E-state index contributed by atoms with van der Waals surface area (Å²) in [5, 5.41) is 54.1. The van der Waals surface area contributed by atoms with Crippen LogP contribution in [0.5, 0.6) is 5.75 Å². The highest BCUT2D eigenvalue weighted by Crippen LogP contribution is 2.57. The van der Waals surface area contributed by atoms with Gasteiger partial charge in [0.1, 0.15) is 22.8 Å². The fourth-order valence-corrected chi connectivity index (χ4v) is 5.19. The third-order valence-electron chi connectivity index (χ3n) is 6.84. The molecule has 0 aromatic heterocycles. The molecule has 1 amide bonds. The zero-order valence-electron chi connectivity index (χ0n) is 16.2. The molecule has 0 unspecified atom stereocenters. The fraction of sp³-hybridized carbons (Fsp3) is 0.381. The second-order valence-corrected chi connectivity index (χ2v) is 8.34. The molecule has 3 aliphatic rings. The van der Waals surface area contributed by atoms with Crippen LogP contribution in [0.3, 0.4) is 0 Å². The first-order chi connectivity index (χ1) is 13.9. The molecule has 3 aliphatic carbocycles. The lowest BCUT2D eigenvalue weighted by atomic mass is 9.54. The van der Waals surface area contributed by atoms with Crippen molar-refractivity contribution in [3.63, 3.8) is 0 Å². The van der Waals surface area contributed by atoms with Gasteiger partial charge in [0, 0.05) is 23.3 Å². The third-order valence-corrected chi connectivity index (χ3v) is 6.84. The highest BCUT2D eigenvalue weighted by molar-refractivity contribution is 6.24. The van der Waals surface area contributed by atoms with Crippen LogP contribution in [0.15, 0.2) is 40.9 Å². The van der Waals surface area contributed by atoms with Crippen molar-refractivity contribution < 1.29 is 39.9 Å². The van der Waals surface area contributed by atoms with Crippen molar-refractivity contribution in [1.82, 2.24) is 0 Å². The van der Waals surface area contributed by atoms with E-state index in [2.05, 4.69) is 0 Å². The first kappa shape index (κ1) is 20.1. The van der Waals surface area contributed by atoms with Crippen LogP contribution in [0.25, 0.3) is 0 Å². The van der Waals surface area contributed by atoms with Crippen molar-refractivity contribution in [2.45, 2.75) is 31.5 Å². The summed E-state index contributed by atoms with van der Waals surface area (Å²) in [5.41, 5.74) is -0.586. The number of hydrogen-bond acceptors (Lipinski definition) is 8. The molecule has 0 saturated carbocycles. The van der Waals surface area contributed by atoms with E-state index in [9.17, 15) is 39.9 Å². The predicted octanol–water partition coefficient (Wildman–Crippen LogP) is 0.491. The van der Waals surface area contributed by atoms with Crippen LogP contribution >= 0.6 is 0 Å². The number of ketones is 2. The van der Waals surface area contributed by atoms with Gasteiger partial charge in [-0.05, 0) is 25.0 Å². The molecular formula is C21H21NO8. The maximum absolute atomic E-state index is 13.2. The molecular weight excluding hydrogens is 394 g/mol. The number of fused-ring (bicyclic) bond motifs is 3. The zero-order valence-corrected chi connectivity index (χ0v) is 16.2. The number of carbonyl (C=O) groups is 3. The van der Waals surface area contributed by atoms with Crippen molar-refractivity contribution >= 4 is 17.5 Å².